The highest BCUT2D eigenvalue weighted by atomic mass is 19.4. The number of rotatable bonds is 4. The fourth-order valence-electron chi connectivity index (χ4n) is 3.05. The van der Waals surface area contributed by atoms with Crippen molar-refractivity contribution in [2.75, 3.05) is 25.1 Å². The summed E-state index contributed by atoms with van der Waals surface area (Å²) in [4.78, 5) is 13.3. The summed E-state index contributed by atoms with van der Waals surface area (Å²) in [6, 6.07) is 6.56. The fourth-order valence-corrected chi connectivity index (χ4v) is 3.05. The summed E-state index contributed by atoms with van der Waals surface area (Å²) in [5.74, 6) is -1.90. The summed E-state index contributed by atoms with van der Waals surface area (Å²) < 4.78 is 48.7. The largest absolute Gasteiger partial charge is 0.497 e. The average Bonchev–Trinajstić information content (AvgIpc) is 3.06. The van der Waals surface area contributed by atoms with Crippen LogP contribution in [0.2, 0.25) is 0 Å². The first-order valence-corrected chi connectivity index (χ1v) is 8.00. The van der Waals surface area contributed by atoms with Gasteiger partial charge in [-0.15, -0.1) is 0 Å². The first kappa shape index (κ1) is 18.1. The molecule has 140 valence electrons. The van der Waals surface area contributed by atoms with E-state index in [0.29, 0.717) is 11.3 Å². The van der Waals surface area contributed by atoms with Gasteiger partial charge in [0.1, 0.15) is 5.75 Å². The van der Waals surface area contributed by atoms with Gasteiger partial charge in [-0.25, -0.2) is 4.79 Å². The lowest BCUT2D eigenvalue weighted by atomic mass is 9.96. The van der Waals surface area contributed by atoms with Crippen molar-refractivity contribution in [1.82, 2.24) is 5.16 Å². The Morgan fingerprint density at radius 3 is 2.38 bits per heavy atom. The van der Waals surface area contributed by atoms with Gasteiger partial charge < -0.3 is 19.3 Å². The number of carboxylic acids is 1. The number of methoxy groups -OCH3 is 1. The summed E-state index contributed by atoms with van der Waals surface area (Å²) in [7, 11) is 1.51. The molecule has 0 bridgehead atoms. The van der Waals surface area contributed by atoms with Crippen LogP contribution in [-0.4, -0.2) is 42.6 Å². The molecule has 2 heterocycles. The highest BCUT2D eigenvalue weighted by Crippen LogP contribution is 2.38. The molecular formula is C17H17F3N2O4. The normalized spacial score (nSPS) is 15.9. The molecule has 6 nitrogen and oxygen atoms in total. The molecule has 1 aliphatic heterocycles. The first-order chi connectivity index (χ1) is 12.3. The van der Waals surface area contributed by atoms with Crippen LogP contribution in [0, 0.1) is 5.92 Å². The van der Waals surface area contributed by atoms with E-state index in [4.69, 9.17) is 9.26 Å². The van der Waals surface area contributed by atoms with E-state index in [2.05, 4.69) is 5.16 Å². The minimum atomic E-state index is -4.24. The smallest absolute Gasteiger partial charge is 0.391 e. The van der Waals surface area contributed by atoms with E-state index in [0.717, 1.165) is 0 Å². The lowest BCUT2D eigenvalue weighted by molar-refractivity contribution is -0.179. The topological polar surface area (TPSA) is 75.8 Å². The minimum Gasteiger partial charge on any atom is -0.497 e. The van der Waals surface area contributed by atoms with Crippen molar-refractivity contribution in [2.24, 2.45) is 5.92 Å². The van der Waals surface area contributed by atoms with E-state index in [1.54, 1.807) is 24.3 Å². The first-order valence-electron chi connectivity index (χ1n) is 8.00. The molecule has 0 spiro atoms. The Bertz CT molecular complexity index is 778. The lowest BCUT2D eigenvalue weighted by Gasteiger charge is -2.32. The summed E-state index contributed by atoms with van der Waals surface area (Å²) in [6.45, 7) is 0.137. The predicted octanol–water partition coefficient (Wildman–Crippen LogP) is 3.83. The molecule has 0 unspecified atom stereocenters. The minimum absolute atomic E-state index is 0.0592. The monoisotopic (exact) mass is 370 g/mol. The number of aromatic carboxylic acids is 1. The van der Waals surface area contributed by atoms with Gasteiger partial charge in [0.05, 0.1) is 13.0 Å². The molecule has 1 aromatic heterocycles. The quantitative estimate of drug-likeness (QED) is 0.882. The van der Waals surface area contributed by atoms with Crippen molar-refractivity contribution >= 4 is 11.8 Å². The van der Waals surface area contributed by atoms with Gasteiger partial charge in [-0.2, -0.15) is 13.2 Å². The molecule has 1 N–H and O–H groups in total. The molecular weight excluding hydrogens is 353 g/mol. The van der Waals surface area contributed by atoms with Gasteiger partial charge in [0.25, 0.3) is 0 Å². The fraction of sp³-hybridized carbons (Fsp3) is 0.412. The molecule has 1 saturated heterocycles. The van der Waals surface area contributed by atoms with Crippen LogP contribution in [0.15, 0.2) is 28.8 Å². The van der Waals surface area contributed by atoms with Crippen molar-refractivity contribution in [1.29, 1.82) is 0 Å². The van der Waals surface area contributed by atoms with Gasteiger partial charge in [0, 0.05) is 18.7 Å². The number of carboxylic acid groups (broad SMARTS) is 1. The molecule has 26 heavy (non-hydrogen) atoms. The standard InChI is InChI=1S/C17H17F3N2O4/c1-25-12-4-2-10(3-5-12)14-13(16(23)24)15(21-26-14)22-8-6-11(7-9-22)17(18,19)20/h2-5,11H,6-9H2,1H3,(H,23,24). The van der Waals surface area contributed by atoms with Crippen LogP contribution in [0.3, 0.4) is 0 Å². The maximum Gasteiger partial charge on any atom is 0.391 e. The summed E-state index contributed by atoms with van der Waals surface area (Å²) >= 11 is 0. The van der Waals surface area contributed by atoms with Crippen molar-refractivity contribution in [3.63, 3.8) is 0 Å². The molecule has 0 atom stereocenters. The maximum absolute atomic E-state index is 12.8. The van der Waals surface area contributed by atoms with Crippen LogP contribution in [0.1, 0.15) is 23.2 Å². The number of halogens is 3. The molecule has 9 heteroatoms. The van der Waals surface area contributed by atoms with Crippen LogP contribution in [0.5, 0.6) is 5.75 Å². The second-order valence-electron chi connectivity index (χ2n) is 6.05. The van der Waals surface area contributed by atoms with Gasteiger partial charge in [-0.1, -0.05) is 5.16 Å². The highest BCUT2D eigenvalue weighted by Gasteiger charge is 2.42. The average molecular weight is 370 g/mol. The van der Waals surface area contributed by atoms with Crippen molar-refractivity contribution in [2.45, 2.75) is 19.0 Å². The molecule has 0 saturated carbocycles. The van der Waals surface area contributed by atoms with Crippen LogP contribution in [0.4, 0.5) is 19.0 Å². The maximum atomic E-state index is 12.8. The predicted molar refractivity (Wildman–Crippen MR) is 86.4 cm³/mol. The summed E-state index contributed by atoms with van der Waals surface area (Å²) in [5.41, 5.74) is 0.341. The number of alkyl halides is 3. The molecule has 0 amide bonds. The summed E-state index contributed by atoms with van der Waals surface area (Å²) in [5, 5.41) is 13.4. The third-order valence-corrected chi connectivity index (χ3v) is 4.50. The number of carbonyl (C=O) groups is 1. The van der Waals surface area contributed by atoms with Gasteiger partial charge >= 0.3 is 12.1 Å². The second-order valence-corrected chi connectivity index (χ2v) is 6.05. The third-order valence-electron chi connectivity index (χ3n) is 4.50. The molecule has 3 rings (SSSR count). The summed E-state index contributed by atoms with van der Waals surface area (Å²) in [6.07, 6.45) is -4.44. The number of hydrogen-bond donors (Lipinski definition) is 1. The van der Waals surface area contributed by atoms with E-state index in [-0.39, 0.29) is 43.1 Å². The van der Waals surface area contributed by atoms with E-state index in [1.807, 2.05) is 0 Å². The molecule has 1 aromatic carbocycles. The van der Waals surface area contributed by atoms with Crippen LogP contribution < -0.4 is 9.64 Å². The molecule has 2 aromatic rings. The Hall–Kier alpha value is -2.71. The molecule has 1 fully saturated rings. The van der Waals surface area contributed by atoms with Gasteiger partial charge in [-0.05, 0) is 37.1 Å². The Morgan fingerprint density at radius 2 is 1.88 bits per heavy atom. The SMILES string of the molecule is COc1ccc(-c2onc(N3CCC(C(F)(F)F)CC3)c2C(=O)O)cc1. The van der Waals surface area contributed by atoms with Crippen molar-refractivity contribution < 1.29 is 32.3 Å². The van der Waals surface area contributed by atoms with Gasteiger partial charge in [0.2, 0.25) is 0 Å². The third kappa shape index (κ3) is 3.47. The highest BCUT2D eigenvalue weighted by molar-refractivity contribution is 5.99. The Labute approximate surface area is 147 Å². The van der Waals surface area contributed by atoms with Crippen LogP contribution >= 0.6 is 0 Å². The number of benzene rings is 1. The van der Waals surface area contributed by atoms with Crippen LogP contribution in [-0.2, 0) is 0 Å². The van der Waals surface area contributed by atoms with E-state index < -0.39 is 18.1 Å². The Kier molecular flexibility index (Phi) is 4.80. The van der Waals surface area contributed by atoms with Gasteiger partial charge in [-0.3, -0.25) is 0 Å². The number of hydrogen-bond acceptors (Lipinski definition) is 5. The molecule has 0 aliphatic carbocycles. The van der Waals surface area contributed by atoms with Crippen molar-refractivity contribution in [3.05, 3.63) is 29.8 Å². The zero-order chi connectivity index (χ0) is 18.9. The van der Waals surface area contributed by atoms with E-state index >= 15 is 0 Å². The number of aromatic nitrogens is 1. The number of piperidine rings is 1. The van der Waals surface area contributed by atoms with Crippen molar-refractivity contribution in [3.8, 4) is 17.1 Å². The van der Waals surface area contributed by atoms with E-state index in [1.165, 1.54) is 12.0 Å². The number of nitrogens with zero attached hydrogens (tertiary/aromatic N) is 2. The zero-order valence-corrected chi connectivity index (χ0v) is 13.9. The van der Waals surface area contributed by atoms with E-state index in [9.17, 15) is 23.1 Å². The number of ether oxygens (including phenoxy) is 1. The Balaban J connectivity index is 1.87. The molecule has 0 radical (unpaired) electrons. The lowest BCUT2D eigenvalue weighted by Crippen LogP contribution is -2.39. The Morgan fingerprint density at radius 1 is 1.27 bits per heavy atom. The number of anilines is 1. The zero-order valence-electron chi connectivity index (χ0n) is 13.9. The van der Waals surface area contributed by atoms with Gasteiger partial charge in [0.15, 0.2) is 17.1 Å². The van der Waals surface area contributed by atoms with Crippen LogP contribution in [0.25, 0.3) is 11.3 Å². The second kappa shape index (κ2) is 6.89. The molecule has 1 aliphatic rings.